The summed E-state index contributed by atoms with van der Waals surface area (Å²) in [5.41, 5.74) is 1.48. The van der Waals surface area contributed by atoms with Gasteiger partial charge in [0, 0.05) is 12.7 Å². The highest BCUT2D eigenvalue weighted by Gasteiger charge is 2.50. The van der Waals surface area contributed by atoms with Gasteiger partial charge in [-0.25, -0.2) is 0 Å². The van der Waals surface area contributed by atoms with E-state index in [1.807, 2.05) is 11.4 Å². The van der Waals surface area contributed by atoms with Crippen molar-refractivity contribution in [2.75, 3.05) is 6.54 Å². The molecule has 4 saturated carbocycles. The number of nitrogens with one attached hydrogen (secondary N) is 1. The number of nitrogens with zero attached hydrogens (tertiary/aromatic N) is 2. The standard InChI is InChI=1S/C20H24ClN3OS/c21-17-8-23-24(10-17)9-16-4-18(26-11-16)19(25)22-12-20-5-13-1-14(6-20)3-15(2-13)7-20/h4,8,10-11,13-15H,1-3,5-7,9,12H2,(H,22,25). The first-order valence-corrected chi connectivity index (χ1v) is 10.9. The Bertz CT molecular complexity index is 791. The first-order chi connectivity index (χ1) is 12.6. The zero-order valence-electron chi connectivity index (χ0n) is 14.8. The van der Waals surface area contributed by atoms with Crippen molar-refractivity contribution in [3.05, 3.63) is 39.3 Å². The highest BCUT2D eigenvalue weighted by atomic mass is 35.5. The van der Waals surface area contributed by atoms with E-state index in [2.05, 4.69) is 10.4 Å². The molecule has 0 spiro atoms. The van der Waals surface area contributed by atoms with E-state index in [-0.39, 0.29) is 5.91 Å². The second-order valence-corrected chi connectivity index (χ2v) is 10.1. The molecule has 26 heavy (non-hydrogen) atoms. The molecule has 6 rings (SSSR count). The van der Waals surface area contributed by atoms with Gasteiger partial charge in [-0.3, -0.25) is 9.48 Å². The predicted molar refractivity (Wildman–Crippen MR) is 104 cm³/mol. The fourth-order valence-corrected chi connectivity index (χ4v) is 7.03. The van der Waals surface area contributed by atoms with Gasteiger partial charge in [-0.05, 0) is 78.7 Å². The van der Waals surface area contributed by atoms with Gasteiger partial charge in [-0.2, -0.15) is 5.10 Å². The fraction of sp³-hybridized carbons (Fsp3) is 0.600. The number of halogens is 1. The third-order valence-corrected chi connectivity index (χ3v) is 7.79. The van der Waals surface area contributed by atoms with Crippen molar-refractivity contribution in [3.8, 4) is 0 Å². The van der Waals surface area contributed by atoms with Crippen molar-refractivity contribution in [2.45, 2.75) is 45.1 Å². The minimum atomic E-state index is 0.0792. The lowest BCUT2D eigenvalue weighted by molar-refractivity contribution is -0.0503. The lowest BCUT2D eigenvalue weighted by atomic mass is 9.49. The molecule has 2 heterocycles. The quantitative estimate of drug-likeness (QED) is 0.812. The van der Waals surface area contributed by atoms with Gasteiger partial charge in [0.15, 0.2) is 0 Å². The van der Waals surface area contributed by atoms with Crippen LogP contribution < -0.4 is 5.32 Å². The predicted octanol–water partition coefficient (Wildman–Crippen LogP) is 4.59. The van der Waals surface area contributed by atoms with E-state index in [1.165, 1.54) is 49.9 Å². The Labute approximate surface area is 162 Å². The number of carbonyl (C=O) groups excluding carboxylic acids is 1. The third kappa shape index (κ3) is 3.20. The van der Waals surface area contributed by atoms with Crippen LogP contribution >= 0.6 is 22.9 Å². The second kappa shape index (κ2) is 6.38. The van der Waals surface area contributed by atoms with Crippen LogP contribution in [0.4, 0.5) is 0 Å². The lowest BCUT2D eigenvalue weighted by Crippen LogP contribution is -2.51. The third-order valence-electron chi connectivity index (χ3n) is 6.61. The van der Waals surface area contributed by atoms with E-state index in [9.17, 15) is 4.79 Å². The molecule has 0 aliphatic heterocycles. The highest BCUT2D eigenvalue weighted by Crippen LogP contribution is 2.59. The number of amides is 1. The maximum Gasteiger partial charge on any atom is 0.261 e. The van der Waals surface area contributed by atoms with Crippen molar-refractivity contribution in [3.63, 3.8) is 0 Å². The van der Waals surface area contributed by atoms with E-state index in [0.29, 0.717) is 17.0 Å². The topological polar surface area (TPSA) is 46.9 Å². The molecule has 4 aliphatic rings. The Balaban J connectivity index is 1.21. The Morgan fingerprint density at radius 2 is 1.96 bits per heavy atom. The van der Waals surface area contributed by atoms with E-state index in [4.69, 9.17) is 11.6 Å². The number of aromatic nitrogens is 2. The van der Waals surface area contributed by atoms with Crippen molar-refractivity contribution in [1.82, 2.24) is 15.1 Å². The van der Waals surface area contributed by atoms with Gasteiger partial charge in [0.1, 0.15) is 0 Å². The fourth-order valence-electron chi connectivity index (χ4n) is 6.05. The van der Waals surface area contributed by atoms with Gasteiger partial charge in [-0.1, -0.05) is 11.6 Å². The second-order valence-electron chi connectivity index (χ2n) is 8.78. The van der Waals surface area contributed by atoms with Crippen LogP contribution in [-0.2, 0) is 6.54 Å². The van der Waals surface area contributed by atoms with Crippen LogP contribution in [0.2, 0.25) is 5.02 Å². The summed E-state index contributed by atoms with van der Waals surface area (Å²) in [4.78, 5) is 13.5. The van der Waals surface area contributed by atoms with Gasteiger partial charge in [0.05, 0.1) is 22.6 Å². The molecule has 4 aliphatic carbocycles. The summed E-state index contributed by atoms with van der Waals surface area (Å²) in [7, 11) is 0. The molecule has 0 unspecified atom stereocenters. The van der Waals surface area contributed by atoms with Crippen LogP contribution in [0.25, 0.3) is 0 Å². The van der Waals surface area contributed by atoms with Gasteiger partial charge < -0.3 is 5.32 Å². The zero-order chi connectivity index (χ0) is 17.7. The summed E-state index contributed by atoms with van der Waals surface area (Å²) >= 11 is 7.42. The average Bonchev–Trinajstić information content (AvgIpc) is 3.21. The largest absolute Gasteiger partial charge is 0.351 e. The minimum Gasteiger partial charge on any atom is -0.351 e. The van der Waals surface area contributed by atoms with Crippen LogP contribution in [-0.4, -0.2) is 22.2 Å². The number of thiophene rings is 1. The minimum absolute atomic E-state index is 0.0792. The molecule has 0 radical (unpaired) electrons. The summed E-state index contributed by atoms with van der Waals surface area (Å²) < 4.78 is 1.79. The SMILES string of the molecule is O=C(NCC12CC3CC(CC(C3)C1)C2)c1cc(Cn2cc(Cl)cn2)cs1. The monoisotopic (exact) mass is 389 g/mol. The Hall–Kier alpha value is -1.33. The number of carbonyl (C=O) groups is 1. The molecule has 4 fully saturated rings. The van der Waals surface area contributed by atoms with Crippen LogP contribution in [0.3, 0.4) is 0 Å². The Morgan fingerprint density at radius 3 is 2.58 bits per heavy atom. The van der Waals surface area contributed by atoms with Crippen molar-refractivity contribution in [2.24, 2.45) is 23.2 Å². The molecule has 0 saturated heterocycles. The number of rotatable bonds is 5. The Morgan fingerprint density at radius 1 is 1.27 bits per heavy atom. The van der Waals surface area contributed by atoms with Gasteiger partial charge >= 0.3 is 0 Å². The van der Waals surface area contributed by atoms with Crippen molar-refractivity contribution < 1.29 is 4.79 Å². The molecule has 1 N–H and O–H groups in total. The average molecular weight is 390 g/mol. The first-order valence-electron chi connectivity index (χ1n) is 9.60. The van der Waals surface area contributed by atoms with E-state index in [1.54, 1.807) is 17.1 Å². The zero-order valence-corrected chi connectivity index (χ0v) is 16.4. The van der Waals surface area contributed by atoms with Crippen LogP contribution in [0, 0.1) is 23.2 Å². The highest BCUT2D eigenvalue weighted by molar-refractivity contribution is 7.12. The molecule has 0 atom stereocenters. The van der Waals surface area contributed by atoms with Crippen LogP contribution in [0.15, 0.2) is 23.8 Å². The van der Waals surface area contributed by atoms with Gasteiger partial charge in [-0.15, -0.1) is 11.3 Å². The summed E-state index contributed by atoms with van der Waals surface area (Å²) in [6, 6.07) is 1.98. The molecular formula is C20H24ClN3OS. The molecule has 138 valence electrons. The smallest absolute Gasteiger partial charge is 0.261 e. The van der Waals surface area contributed by atoms with Crippen LogP contribution in [0.1, 0.15) is 53.8 Å². The maximum absolute atomic E-state index is 12.7. The summed E-state index contributed by atoms with van der Waals surface area (Å²) in [5, 5.41) is 10.1. The van der Waals surface area contributed by atoms with E-state index >= 15 is 0 Å². The molecule has 2 aromatic heterocycles. The number of hydrogen-bond donors (Lipinski definition) is 1. The molecule has 1 amide bonds. The van der Waals surface area contributed by atoms with Crippen LogP contribution in [0.5, 0.6) is 0 Å². The molecule has 4 nitrogen and oxygen atoms in total. The summed E-state index contributed by atoms with van der Waals surface area (Å²) in [5.74, 6) is 2.85. The van der Waals surface area contributed by atoms with E-state index < -0.39 is 0 Å². The van der Waals surface area contributed by atoms with Gasteiger partial charge in [0.25, 0.3) is 5.91 Å². The first kappa shape index (κ1) is 16.8. The molecule has 0 aromatic carbocycles. The lowest BCUT2D eigenvalue weighted by Gasteiger charge is -2.56. The van der Waals surface area contributed by atoms with Crippen molar-refractivity contribution >= 4 is 28.8 Å². The van der Waals surface area contributed by atoms with Gasteiger partial charge in [0.2, 0.25) is 0 Å². The molecule has 6 heteroatoms. The summed E-state index contributed by atoms with van der Waals surface area (Å²) in [6.07, 6.45) is 11.7. The normalized spacial score (nSPS) is 32.1. The number of hydrogen-bond acceptors (Lipinski definition) is 3. The Kier molecular flexibility index (Phi) is 4.13. The summed E-state index contributed by atoms with van der Waals surface area (Å²) in [6.45, 7) is 1.50. The molecule has 4 bridgehead atoms. The molecular weight excluding hydrogens is 366 g/mol. The van der Waals surface area contributed by atoms with E-state index in [0.717, 1.165) is 34.7 Å². The maximum atomic E-state index is 12.7. The molecule has 2 aromatic rings. The van der Waals surface area contributed by atoms with Crippen molar-refractivity contribution in [1.29, 1.82) is 0 Å².